The molecule has 1 aromatic rings. The summed E-state index contributed by atoms with van der Waals surface area (Å²) in [4.78, 5) is 23.0. The SMILES string of the molecule is CN=C(NCCC(=O)Nc1ccc(C)cn1)NCC(C(C)C)N1CCOCC1. The monoisotopic (exact) mass is 390 g/mol. The van der Waals surface area contributed by atoms with Crippen molar-refractivity contribution in [3.05, 3.63) is 23.9 Å². The summed E-state index contributed by atoms with van der Waals surface area (Å²) in [6.45, 7) is 11.3. The highest BCUT2D eigenvalue weighted by atomic mass is 16.5. The number of hydrogen-bond donors (Lipinski definition) is 3. The van der Waals surface area contributed by atoms with Gasteiger partial charge in [0.15, 0.2) is 5.96 Å². The Balaban J connectivity index is 1.72. The van der Waals surface area contributed by atoms with Gasteiger partial charge in [-0.05, 0) is 24.5 Å². The van der Waals surface area contributed by atoms with E-state index in [1.807, 2.05) is 13.0 Å². The zero-order valence-electron chi connectivity index (χ0n) is 17.5. The minimum absolute atomic E-state index is 0.0762. The molecule has 28 heavy (non-hydrogen) atoms. The molecule has 1 aliphatic rings. The van der Waals surface area contributed by atoms with E-state index in [0.717, 1.165) is 38.4 Å². The predicted octanol–water partition coefficient (Wildman–Crippen LogP) is 1.24. The summed E-state index contributed by atoms with van der Waals surface area (Å²) in [5.41, 5.74) is 1.06. The van der Waals surface area contributed by atoms with Crippen LogP contribution in [0.25, 0.3) is 0 Å². The molecule has 0 spiro atoms. The van der Waals surface area contributed by atoms with Crippen LogP contribution in [0.2, 0.25) is 0 Å². The Bertz CT molecular complexity index is 626. The van der Waals surface area contributed by atoms with E-state index in [4.69, 9.17) is 4.74 Å². The van der Waals surface area contributed by atoms with E-state index in [0.29, 0.717) is 36.7 Å². The molecule has 1 aliphatic heterocycles. The molecule has 8 heteroatoms. The van der Waals surface area contributed by atoms with Crippen LogP contribution in [0.4, 0.5) is 5.82 Å². The number of aryl methyl sites for hydroxylation is 1. The van der Waals surface area contributed by atoms with Crippen LogP contribution in [0, 0.1) is 12.8 Å². The predicted molar refractivity (Wildman–Crippen MR) is 113 cm³/mol. The van der Waals surface area contributed by atoms with Crippen molar-refractivity contribution in [3.63, 3.8) is 0 Å². The summed E-state index contributed by atoms with van der Waals surface area (Å²) in [5.74, 6) is 1.73. The van der Waals surface area contributed by atoms with Gasteiger partial charge in [0.2, 0.25) is 5.91 Å². The summed E-state index contributed by atoms with van der Waals surface area (Å²) < 4.78 is 5.46. The molecule has 2 rings (SSSR count). The van der Waals surface area contributed by atoms with Gasteiger partial charge in [-0.1, -0.05) is 19.9 Å². The molecule has 1 unspecified atom stereocenters. The third-order valence-electron chi connectivity index (χ3n) is 4.81. The first-order valence-corrected chi connectivity index (χ1v) is 9.98. The summed E-state index contributed by atoms with van der Waals surface area (Å²) in [7, 11) is 1.74. The van der Waals surface area contributed by atoms with Crippen molar-refractivity contribution < 1.29 is 9.53 Å². The van der Waals surface area contributed by atoms with Gasteiger partial charge in [-0.3, -0.25) is 14.7 Å². The number of morpholine rings is 1. The third kappa shape index (κ3) is 7.44. The number of anilines is 1. The fourth-order valence-electron chi connectivity index (χ4n) is 3.16. The molecule has 1 aromatic heterocycles. The molecule has 1 amide bonds. The highest BCUT2D eigenvalue weighted by Gasteiger charge is 2.23. The maximum Gasteiger partial charge on any atom is 0.227 e. The molecule has 1 fully saturated rings. The Hall–Kier alpha value is -2.19. The lowest BCUT2D eigenvalue weighted by Crippen LogP contribution is -2.52. The highest BCUT2D eigenvalue weighted by molar-refractivity contribution is 5.90. The van der Waals surface area contributed by atoms with Crippen molar-refractivity contribution in [2.24, 2.45) is 10.9 Å². The van der Waals surface area contributed by atoms with Gasteiger partial charge in [-0.2, -0.15) is 0 Å². The summed E-state index contributed by atoms with van der Waals surface area (Å²) in [6, 6.07) is 4.14. The molecule has 0 saturated carbocycles. The molecule has 3 N–H and O–H groups in total. The number of nitrogens with zero attached hydrogens (tertiary/aromatic N) is 3. The Kier molecular flexibility index (Phi) is 9.16. The molecule has 2 heterocycles. The largest absolute Gasteiger partial charge is 0.379 e. The number of carbonyl (C=O) groups is 1. The van der Waals surface area contributed by atoms with Gasteiger partial charge in [-0.25, -0.2) is 4.98 Å². The van der Waals surface area contributed by atoms with E-state index in [2.05, 4.69) is 44.7 Å². The first kappa shape index (κ1) is 22.1. The molecular formula is C20H34N6O2. The maximum atomic E-state index is 12.1. The van der Waals surface area contributed by atoms with Crippen LogP contribution < -0.4 is 16.0 Å². The van der Waals surface area contributed by atoms with Crippen molar-refractivity contribution in [3.8, 4) is 0 Å². The number of aliphatic imine (C=N–C) groups is 1. The quantitative estimate of drug-likeness (QED) is 0.457. The summed E-state index contributed by atoms with van der Waals surface area (Å²) in [6.07, 6.45) is 2.08. The number of pyridine rings is 1. The Morgan fingerprint density at radius 2 is 2.04 bits per heavy atom. The molecule has 0 radical (unpaired) electrons. The van der Waals surface area contributed by atoms with E-state index in [-0.39, 0.29) is 5.91 Å². The Labute approximate surface area is 168 Å². The van der Waals surface area contributed by atoms with Crippen molar-refractivity contribution in [2.45, 2.75) is 33.2 Å². The van der Waals surface area contributed by atoms with Crippen LogP contribution in [0.5, 0.6) is 0 Å². The Morgan fingerprint density at radius 1 is 1.29 bits per heavy atom. The highest BCUT2D eigenvalue weighted by Crippen LogP contribution is 2.12. The van der Waals surface area contributed by atoms with Gasteiger partial charge in [0.1, 0.15) is 5.82 Å². The normalized spacial score (nSPS) is 16.7. The third-order valence-corrected chi connectivity index (χ3v) is 4.81. The fourth-order valence-corrected chi connectivity index (χ4v) is 3.16. The first-order valence-electron chi connectivity index (χ1n) is 9.98. The molecular weight excluding hydrogens is 356 g/mol. The number of amides is 1. The van der Waals surface area contributed by atoms with Gasteiger partial charge in [0, 0.05) is 51.9 Å². The van der Waals surface area contributed by atoms with Crippen molar-refractivity contribution >= 4 is 17.7 Å². The van der Waals surface area contributed by atoms with Crippen molar-refractivity contribution in [1.82, 2.24) is 20.5 Å². The molecule has 0 aliphatic carbocycles. The Morgan fingerprint density at radius 3 is 2.64 bits per heavy atom. The van der Waals surface area contributed by atoms with Crippen LogP contribution in [-0.4, -0.2) is 74.2 Å². The van der Waals surface area contributed by atoms with Gasteiger partial charge in [0.05, 0.1) is 13.2 Å². The van der Waals surface area contributed by atoms with Crippen molar-refractivity contribution in [1.29, 1.82) is 0 Å². The van der Waals surface area contributed by atoms with E-state index in [1.165, 1.54) is 0 Å². The van der Waals surface area contributed by atoms with Gasteiger partial charge >= 0.3 is 0 Å². The minimum atomic E-state index is -0.0762. The molecule has 0 bridgehead atoms. The van der Waals surface area contributed by atoms with Crippen LogP contribution in [0.3, 0.4) is 0 Å². The number of hydrogen-bond acceptors (Lipinski definition) is 5. The van der Waals surface area contributed by atoms with Gasteiger partial charge < -0.3 is 20.7 Å². The van der Waals surface area contributed by atoms with Crippen LogP contribution in [0.15, 0.2) is 23.3 Å². The average molecular weight is 391 g/mol. The molecule has 156 valence electrons. The second-order valence-corrected chi connectivity index (χ2v) is 7.36. The van der Waals surface area contributed by atoms with Crippen LogP contribution in [0.1, 0.15) is 25.8 Å². The van der Waals surface area contributed by atoms with E-state index >= 15 is 0 Å². The second-order valence-electron chi connectivity index (χ2n) is 7.36. The number of carbonyl (C=O) groups excluding carboxylic acids is 1. The standard InChI is InChI=1S/C20H34N6O2/c1-15(2)17(26-9-11-28-12-10-26)14-24-20(21-4)22-8-7-19(27)25-18-6-5-16(3)13-23-18/h5-6,13,15,17H,7-12,14H2,1-4H3,(H2,21,22,24)(H,23,25,27). The van der Waals surface area contributed by atoms with Crippen LogP contribution in [-0.2, 0) is 9.53 Å². The zero-order valence-corrected chi connectivity index (χ0v) is 17.5. The number of ether oxygens (including phenoxy) is 1. The second kappa shape index (κ2) is 11.6. The van der Waals surface area contributed by atoms with Gasteiger partial charge in [-0.15, -0.1) is 0 Å². The lowest BCUT2D eigenvalue weighted by atomic mass is 10.0. The topological polar surface area (TPSA) is 90.9 Å². The number of guanidine groups is 1. The summed E-state index contributed by atoms with van der Waals surface area (Å²) in [5, 5.41) is 9.40. The number of nitrogens with one attached hydrogen (secondary N) is 3. The maximum absolute atomic E-state index is 12.1. The minimum Gasteiger partial charge on any atom is -0.379 e. The van der Waals surface area contributed by atoms with Crippen LogP contribution >= 0.6 is 0 Å². The lowest BCUT2D eigenvalue weighted by molar-refractivity contribution is -0.116. The van der Waals surface area contributed by atoms with Gasteiger partial charge in [0.25, 0.3) is 0 Å². The average Bonchev–Trinajstić information content (AvgIpc) is 2.69. The van der Waals surface area contributed by atoms with E-state index in [9.17, 15) is 4.79 Å². The van der Waals surface area contributed by atoms with E-state index in [1.54, 1.807) is 19.3 Å². The van der Waals surface area contributed by atoms with E-state index < -0.39 is 0 Å². The first-order chi connectivity index (χ1) is 13.5. The number of aromatic nitrogens is 1. The fraction of sp³-hybridized carbons (Fsp3) is 0.650. The number of rotatable bonds is 8. The molecule has 8 nitrogen and oxygen atoms in total. The molecule has 1 saturated heterocycles. The lowest BCUT2D eigenvalue weighted by Gasteiger charge is -2.37. The summed E-state index contributed by atoms with van der Waals surface area (Å²) >= 11 is 0. The zero-order chi connectivity index (χ0) is 20.4. The molecule has 0 aromatic carbocycles. The molecule has 1 atom stereocenters. The smallest absolute Gasteiger partial charge is 0.227 e. The van der Waals surface area contributed by atoms with Crippen molar-refractivity contribution in [2.75, 3.05) is 51.8 Å².